The number of benzene rings is 1. The van der Waals surface area contributed by atoms with Crippen LogP contribution < -0.4 is 0 Å². The average Bonchev–Trinajstić information content (AvgIpc) is 1.77. The predicted molar refractivity (Wildman–Crippen MR) is 33.6 cm³/mol. The standard InChI is InChI=1S/C8H8.W.Y/c1-7-5-3-4-6-8(7)2;;/h3,6H,1-2H3;;/q-2;;. The van der Waals surface area contributed by atoms with E-state index in [0.717, 1.165) is 0 Å². The number of hydrogen-bond acceptors (Lipinski definition) is 0. The molecule has 51 valence electrons. The zero-order chi connectivity index (χ0) is 5.98. The third kappa shape index (κ3) is 4.01. The molecule has 1 radical (unpaired) electrons. The molecule has 2 heteroatoms. The Morgan fingerprint density at radius 3 is 2.20 bits per heavy atom. The predicted octanol–water partition coefficient (Wildman–Crippen LogP) is 1.90. The molecule has 0 saturated heterocycles. The van der Waals surface area contributed by atoms with Crippen LogP contribution in [0.3, 0.4) is 0 Å². The molecule has 0 spiro atoms. The molecular weight excluding hydrogens is 369 g/mol. The Labute approximate surface area is 102 Å². The van der Waals surface area contributed by atoms with Crippen LogP contribution in [0.15, 0.2) is 12.1 Å². The van der Waals surface area contributed by atoms with Crippen molar-refractivity contribution in [2.24, 2.45) is 0 Å². The molecule has 0 heterocycles. The summed E-state index contributed by atoms with van der Waals surface area (Å²) in [7, 11) is 0. The molecule has 0 atom stereocenters. The first kappa shape index (κ1) is 13.6. The van der Waals surface area contributed by atoms with Crippen molar-refractivity contribution in [1.29, 1.82) is 0 Å². The topological polar surface area (TPSA) is 0 Å². The van der Waals surface area contributed by atoms with Gasteiger partial charge in [0.05, 0.1) is 0 Å². The zero-order valence-corrected chi connectivity index (χ0v) is 11.9. The van der Waals surface area contributed by atoms with Crippen LogP contribution in [0.2, 0.25) is 0 Å². The van der Waals surface area contributed by atoms with E-state index < -0.39 is 0 Å². The summed E-state index contributed by atoms with van der Waals surface area (Å²) in [4.78, 5) is 0. The van der Waals surface area contributed by atoms with Gasteiger partial charge in [0.1, 0.15) is 0 Å². The second-order valence-corrected chi connectivity index (χ2v) is 1.91. The minimum Gasteiger partial charge on any atom is -0.359 e. The Hall–Kier alpha value is 1.01. The summed E-state index contributed by atoms with van der Waals surface area (Å²) in [5.74, 6) is 0. The third-order valence-electron chi connectivity index (χ3n) is 1.26. The van der Waals surface area contributed by atoms with Crippen LogP contribution in [0.5, 0.6) is 0 Å². The van der Waals surface area contributed by atoms with E-state index in [-0.39, 0.29) is 53.8 Å². The third-order valence-corrected chi connectivity index (χ3v) is 1.26. The van der Waals surface area contributed by atoms with Gasteiger partial charge in [-0.2, -0.15) is 0 Å². The normalized spacial score (nSPS) is 7.40. The fourth-order valence-corrected chi connectivity index (χ4v) is 0.539. The summed E-state index contributed by atoms with van der Waals surface area (Å²) in [6.45, 7) is 4.10. The van der Waals surface area contributed by atoms with E-state index in [9.17, 15) is 0 Å². The van der Waals surface area contributed by atoms with Crippen molar-refractivity contribution < 1.29 is 53.8 Å². The zero-order valence-electron chi connectivity index (χ0n) is 6.14. The molecule has 1 aromatic carbocycles. The van der Waals surface area contributed by atoms with Gasteiger partial charge in [-0.15, -0.1) is 6.92 Å². The summed E-state index contributed by atoms with van der Waals surface area (Å²) in [6.07, 6.45) is 0. The minimum absolute atomic E-state index is 0. The van der Waals surface area contributed by atoms with Crippen molar-refractivity contribution in [2.75, 3.05) is 0 Å². The van der Waals surface area contributed by atoms with Gasteiger partial charge in [0.25, 0.3) is 0 Å². The van der Waals surface area contributed by atoms with Crippen LogP contribution in [-0.2, 0) is 53.8 Å². The van der Waals surface area contributed by atoms with Crippen LogP contribution in [0.25, 0.3) is 0 Å². The maximum atomic E-state index is 3.04. The largest absolute Gasteiger partial charge is 0.359 e. The van der Waals surface area contributed by atoms with Gasteiger partial charge in [-0.1, -0.05) is 6.92 Å². The van der Waals surface area contributed by atoms with E-state index in [1.54, 1.807) is 0 Å². The van der Waals surface area contributed by atoms with Crippen LogP contribution in [0, 0.1) is 26.0 Å². The first-order chi connectivity index (χ1) is 3.80. The van der Waals surface area contributed by atoms with E-state index in [2.05, 4.69) is 19.1 Å². The van der Waals surface area contributed by atoms with Gasteiger partial charge in [0.2, 0.25) is 0 Å². The summed E-state index contributed by atoms with van der Waals surface area (Å²) in [5.41, 5.74) is 2.47. The summed E-state index contributed by atoms with van der Waals surface area (Å²) >= 11 is 0. The van der Waals surface area contributed by atoms with Gasteiger partial charge < -0.3 is 18.2 Å². The molecule has 0 amide bonds. The van der Waals surface area contributed by atoms with Gasteiger partial charge >= 0.3 is 0 Å². The molecule has 0 aliphatic heterocycles. The van der Waals surface area contributed by atoms with Gasteiger partial charge in [-0.05, 0) is 0 Å². The fourth-order valence-electron chi connectivity index (χ4n) is 0.539. The molecule has 0 N–H and O–H groups in total. The molecule has 0 fully saturated rings. The Kier molecular flexibility index (Phi) is 9.11. The second kappa shape index (κ2) is 6.71. The molecular formula is C8H8WY-2. The molecule has 0 nitrogen and oxygen atoms in total. The molecule has 1 aromatic rings. The van der Waals surface area contributed by atoms with Gasteiger partial charge in [0.15, 0.2) is 0 Å². The van der Waals surface area contributed by atoms with Crippen molar-refractivity contribution in [3.8, 4) is 0 Å². The van der Waals surface area contributed by atoms with Crippen molar-refractivity contribution in [1.82, 2.24) is 0 Å². The smallest absolute Gasteiger partial charge is 0 e. The molecule has 0 saturated carbocycles. The van der Waals surface area contributed by atoms with Crippen molar-refractivity contribution >= 4 is 0 Å². The molecule has 0 unspecified atom stereocenters. The Morgan fingerprint density at radius 2 is 1.90 bits per heavy atom. The molecule has 1 rings (SSSR count). The Balaban J connectivity index is 0. The molecule has 0 aliphatic rings. The molecule has 0 aromatic heterocycles. The van der Waals surface area contributed by atoms with Crippen LogP contribution >= 0.6 is 0 Å². The second-order valence-electron chi connectivity index (χ2n) is 1.91. The molecule has 0 aliphatic carbocycles. The number of aryl methyl sites for hydroxylation is 2. The minimum atomic E-state index is 0. The number of hydrogen-bond donors (Lipinski definition) is 0. The quantitative estimate of drug-likeness (QED) is 0.607. The van der Waals surface area contributed by atoms with Crippen molar-refractivity contribution in [2.45, 2.75) is 13.8 Å². The summed E-state index contributed by atoms with van der Waals surface area (Å²) in [5, 5.41) is 0. The summed E-state index contributed by atoms with van der Waals surface area (Å²) < 4.78 is 0. The Bertz CT molecular complexity index is 165. The first-order valence-corrected chi connectivity index (χ1v) is 2.65. The van der Waals surface area contributed by atoms with Crippen LogP contribution in [0.1, 0.15) is 11.1 Å². The SMILES string of the molecule is Cc1[c-]c[c-]cc1C.[W].[Y]. The van der Waals surface area contributed by atoms with Gasteiger partial charge in [-0.25, -0.2) is 0 Å². The van der Waals surface area contributed by atoms with Crippen molar-refractivity contribution in [3.05, 3.63) is 35.4 Å². The average molecular weight is 377 g/mol. The van der Waals surface area contributed by atoms with Crippen molar-refractivity contribution in [3.63, 3.8) is 0 Å². The van der Waals surface area contributed by atoms with E-state index in [0.29, 0.717) is 0 Å². The fraction of sp³-hybridized carbons (Fsp3) is 0.250. The molecule has 10 heavy (non-hydrogen) atoms. The summed E-state index contributed by atoms with van der Waals surface area (Å²) in [6, 6.07) is 9.76. The van der Waals surface area contributed by atoms with E-state index in [4.69, 9.17) is 0 Å². The molecule has 0 bridgehead atoms. The van der Waals surface area contributed by atoms with E-state index in [1.807, 2.05) is 19.1 Å². The maximum absolute atomic E-state index is 3.04. The van der Waals surface area contributed by atoms with Crippen LogP contribution in [0.4, 0.5) is 0 Å². The van der Waals surface area contributed by atoms with E-state index in [1.165, 1.54) is 11.1 Å². The maximum Gasteiger partial charge on any atom is 0 e. The van der Waals surface area contributed by atoms with Crippen LogP contribution in [-0.4, -0.2) is 0 Å². The van der Waals surface area contributed by atoms with Gasteiger partial charge in [-0.3, -0.25) is 17.2 Å². The first-order valence-electron chi connectivity index (χ1n) is 2.65. The Morgan fingerprint density at radius 1 is 1.30 bits per heavy atom. The monoisotopic (exact) mass is 377 g/mol. The van der Waals surface area contributed by atoms with Gasteiger partial charge in [0, 0.05) is 53.8 Å². The van der Waals surface area contributed by atoms with E-state index >= 15 is 0 Å². The number of rotatable bonds is 0.